The number of carbonyl (C=O) groups excluding carboxylic acids is 1. The first kappa shape index (κ1) is 15.0. The molecule has 3 rings (SSSR count). The van der Waals surface area contributed by atoms with E-state index >= 15 is 0 Å². The number of halogens is 1. The highest BCUT2D eigenvalue weighted by molar-refractivity contribution is 7.22. The lowest BCUT2D eigenvalue weighted by molar-refractivity contribution is -0.116. The fraction of sp³-hybridized carbons (Fsp3) is 0.176. The highest BCUT2D eigenvalue weighted by atomic mass is 35.5. The van der Waals surface area contributed by atoms with Crippen molar-refractivity contribution in [1.82, 2.24) is 4.98 Å². The van der Waals surface area contributed by atoms with Crippen LogP contribution in [0.4, 0.5) is 5.13 Å². The first-order valence-corrected chi connectivity index (χ1v) is 8.22. The smallest absolute Gasteiger partial charge is 0.226 e. The average Bonchev–Trinajstić information content (AvgIpc) is 2.93. The summed E-state index contributed by atoms with van der Waals surface area (Å²) in [6.45, 7) is 1.94. The number of fused-ring (bicyclic) bond motifs is 1. The van der Waals surface area contributed by atoms with Crippen LogP contribution >= 0.6 is 22.9 Å². The largest absolute Gasteiger partial charge is 0.302 e. The zero-order valence-electron chi connectivity index (χ0n) is 12.1. The van der Waals surface area contributed by atoms with Crippen molar-refractivity contribution in [2.45, 2.75) is 19.8 Å². The molecule has 0 atom stereocenters. The van der Waals surface area contributed by atoms with E-state index in [4.69, 9.17) is 11.6 Å². The molecule has 2 aromatic carbocycles. The SMILES string of the molecule is Cc1c(Cl)ccc2sc(NC(=O)CCc3ccccc3)nc12. The average molecular weight is 331 g/mol. The molecule has 0 aliphatic heterocycles. The Morgan fingerprint density at radius 1 is 1.23 bits per heavy atom. The molecule has 3 aromatic rings. The number of aromatic nitrogens is 1. The Hall–Kier alpha value is -1.91. The molecule has 5 heteroatoms. The number of nitrogens with zero attached hydrogens (tertiary/aromatic N) is 1. The minimum atomic E-state index is -0.0216. The molecule has 0 aliphatic carbocycles. The van der Waals surface area contributed by atoms with Crippen LogP contribution in [-0.4, -0.2) is 10.9 Å². The van der Waals surface area contributed by atoms with Crippen molar-refractivity contribution < 1.29 is 4.79 Å². The Bertz CT molecular complexity index is 814. The van der Waals surface area contributed by atoms with E-state index in [-0.39, 0.29) is 5.91 Å². The normalized spacial score (nSPS) is 10.8. The van der Waals surface area contributed by atoms with Crippen molar-refractivity contribution >= 4 is 44.2 Å². The molecule has 1 amide bonds. The van der Waals surface area contributed by atoms with Crippen LogP contribution in [-0.2, 0) is 11.2 Å². The Morgan fingerprint density at radius 2 is 2.00 bits per heavy atom. The van der Waals surface area contributed by atoms with Crippen LogP contribution in [0.5, 0.6) is 0 Å². The molecule has 1 N–H and O–H groups in total. The molecule has 22 heavy (non-hydrogen) atoms. The van der Waals surface area contributed by atoms with Gasteiger partial charge >= 0.3 is 0 Å². The zero-order chi connectivity index (χ0) is 15.5. The minimum absolute atomic E-state index is 0.0216. The van der Waals surface area contributed by atoms with E-state index in [0.717, 1.165) is 27.8 Å². The van der Waals surface area contributed by atoms with Crippen molar-refractivity contribution in [3.8, 4) is 0 Å². The summed E-state index contributed by atoms with van der Waals surface area (Å²) >= 11 is 7.57. The number of hydrogen-bond acceptors (Lipinski definition) is 3. The van der Waals surface area contributed by atoms with Gasteiger partial charge in [0.05, 0.1) is 10.2 Å². The third-order valence-electron chi connectivity index (χ3n) is 3.48. The predicted molar refractivity (Wildman–Crippen MR) is 92.8 cm³/mol. The number of hydrogen-bond donors (Lipinski definition) is 1. The van der Waals surface area contributed by atoms with Gasteiger partial charge in [-0.25, -0.2) is 4.98 Å². The number of thiazole rings is 1. The lowest BCUT2D eigenvalue weighted by atomic mass is 10.1. The molecule has 112 valence electrons. The molecular weight excluding hydrogens is 316 g/mol. The van der Waals surface area contributed by atoms with Crippen LogP contribution < -0.4 is 5.32 Å². The van der Waals surface area contributed by atoms with E-state index in [0.29, 0.717) is 16.6 Å². The number of anilines is 1. The standard InChI is InChI=1S/C17H15ClN2OS/c1-11-13(18)8-9-14-16(11)20-17(22-14)19-15(21)10-7-12-5-3-2-4-6-12/h2-6,8-9H,7,10H2,1H3,(H,19,20,21). The maximum absolute atomic E-state index is 12.0. The van der Waals surface area contributed by atoms with Gasteiger partial charge < -0.3 is 5.32 Å². The summed E-state index contributed by atoms with van der Waals surface area (Å²) in [6.07, 6.45) is 1.17. The first-order valence-electron chi connectivity index (χ1n) is 7.03. The molecule has 0 spiro atoms. The summed E-state index contributed by atoms with van der Waals surface area (Å²) in [5.74, 6) is -0.0216. The highest BCUT2D eigenvalue weighted by Crippen LogP contribution is 2.31. The van der Waals surface area contributed by atoms with Gasteiger partial charge in [0.15, 0.2) is 5.13 Å². The Kier molecular flexibility index (Phi) is 4.41. The first-order chi connectivity index (χ1) is 10.6. The third kappa shape index (κ3) is 3.29. The summed E-state index contributed by atoms with van der Waals surface area (Å²) in [7, 11) is 0. The fourth-order valence-electron chi connectivity index (χ4n) is 2.24. The molecule has 1 heterocycles. The van der Waals surface area contributed by atoms with E-state index in [1.165, 1.54) is 11.3 Å². The van der Waals surface area contributed by atoms with E-state index in [2.05, 4.69) is 10.3 Å². The number of aryl methyl sites for hydroxylation is 2. The Labute approximate surface area is 138 Å². The second-order valence-corrected chi connectivity index (χ2v) is 6.51. The van der Waals surface area contributed by atoms with Crippen molar-refractivity contribution in [1.29, 1.82) is 0 Å². The molecule has 1 aromatic heterocycles. The number of amides is 1. The van der Waals surface area contributed by atoms with Gasteiger partial charge in [-0.3, -0.25) is 4.79 Å². The summed E-state index contributed by atoms with van der Waals surface area (Å²) < 4.78 is 1.03. The lowest BCUT2D eigenvalue weighted by Gasteiger charge is -2.01. The molecule has 0 saturated heterocycles. The summed E-state index contributed by atoms with van der Waals surface area (Å²) in [5, 5.41) is 4.19. The van der Waals surface area contributed by atoms with Gasteiger partial charge in [0, 0.05) is 11.4 Å². The molecule has 0 saturated carbocycles. The van der Waals surface area contributed by atoms with Crippen LogP contribution in [0.3, 0.4) is 0 Å². The Balaban J connectivity index is 1.68. The van der Waals surface area contributed by atoms with Gasteiger partial charge in [0.1, 0.15) is 0 Å². The van der Waals surface area contributed by atoms with Crippen LogP contribution in [0.25, 0.3) is 10.2 Å². The summed E-state index contributed by atoms with van der Waals surface area (Å²) in [6, 6.07) is 13.8. The van der Waals surface area contributed by atoms with Crippen LogP contribution in [0.2, 0.25) is 5.02 Å². The second kappa shape index (κ2) is 6.46. The number of nitrogens with one attached hydrogen (secondary N) is 1. The second-order valence-electron chi connectivity index (χ2n) is 5.07. The number of benzene rings is 2. The highest BCUT2D eigenvalue weighted by Gasteiger charge is 2.11. The number of carbonyl (C=O) groups is 1. The summed E-state index contributed by atoms with van der Waals surface area (Å²) in [4.78, 5) is 16.5. The quantitative estimate of drug-likeness (QED) is 0.744. The topological polar surface area (TPSA) is 42.0 Å². The van der Waals surface area contributed by atoms with Crippen LogP contribution in [0.1, 0.15) is 17.5 Å². The van der Waals surface area contributed by atoms with Crippen molar-refractivity contribution in [3.05, 3.63) is 58.6 Å². The molecule has 0 bridgehead atoms. The van der Waals surface area contributed by atoms with Crippen LogP contribution in [0, 0.1) is 6.92 Å². The van der Waals surface area contributed by atoms with Crippen molar-refractivity contribution in [2.24, 2.45) is 0 Å². The summed E-state index contributed by atoms with van der Waals surface area (Å²) in [5.41, 5.74) is 2.96. The Morgan fingerprint density at radius 3 is 2.77 bits per heavy atom. The van der Waals surface area contributed by atoms with Crippen molar-refractivity contribution in [3.63, 3.8) is 0 Å². The maximum Gasteiger partial charge on any atom is 0.226 e. The van der Waals surface area contributed by atoms with Gasteiger partial charge in [0.25, 0.3) is 0 Å². The monoisotopic (exact) mass is 330 g/mol. The van der Waals surface area contributed by atoms with E-state index in [9.17, 15) is 4.79 Å². The molecule has 0 fully saturated rings. The van der Waals surface area contributed by atoms with Crippen LogP contribution in [0.15, 0.2) is 42.5 Å². The fourth-order valence-corrected chi connectivity index (χ4v) is 3.33. The molecule has 0 aliphatic rings. The zero-order valence-corrected chi connectivity index (χ0v) is 13.7. The van der Waals surface area contributed by atoms with Gasteiger partial charge in [-0.2, -0.15) is 0 Å². The molecular formula is C17H15ClN2OS. The maximum atomic E-state index is 12.0. The predicted octanol–water partition coefficient (Wildman–Crippen LogP) is 4.83. The lowest BCUT2D eigenvalue weighted by Crippen LogP contribution is -2.12. The minimum Gasteiger partial charge on any atom is -0.302 e. The molecule has 0 unspecified atom stereocenters. The number of rotatable bonds is 4. The van der Waals surface area contributed by atoms with Crippen molar-refractivity contribution in [2.75, 3.05) is 5.32 Å². The van der Waals surface area contributed by atoms with E-state index in [1.807, 2.05) is 49.4 Å². The third-order valence-corrected chi connectivity index (χ3v) is 4.82. The van der Waals surface area contributed by atoms with Gasteiger partial charge in [0.2, 0.25) is 5.91 Å². The molecule has 0 radical (unpaired) electrons. The van der Waals surface area contributed by atoms with Gasteiger partial charge in [-0.15, -0.1) is 0 Å². The van der Waals surface area contributed by atoms with Gasteiger partial charge in [-0.1, -0.05) is 53.3 Å². The molecule has 3 nitrogen and oxygen atoms in total. The van der Waals surface area contributed by atoms with Gasteiger partial charge in [-0.05, 0) is 36.6 Å². The van der Waals surface area contributed by atoms with E-state index < -0.39 is 0 Å². The van der Waals surface area contributed by atoms with E-state index in [1.54, 1.807) is 0 Å².